The molecule has 0 unspecified atom stereocenters. The fourth-order valence-electron chi connectivity index (χ4n) is 2.60. The summed E-state index contributed by atoms with van der Waals surface area (Å²) in [5, 5.41) is 12.3. The molecular formula is C16H16N4O. The van der Waals surface area contributed by atoms with Gasteiger partial charge in [0.1, 0.15) is 12.1 Å². The fourth-order valence-corrected chi connectivity index (χ4v) is 2.60. The predicted octanol–water partition coefficient (Wildman–Crippen LogP) is 2.40. The molecular weight excluding hydrogens is 264 g/mol. The van der Waals surface area contributed by atoms with Gasteiger partial charge in [-0.1, -0.05) is 0 Å². The Labute approximate surface area is 123 Å². The smallest absolute Gasteiger partial charge is 0.227 e. The standard InChI is InChI=1S/C16H16N4O/c1-10-5-12(7-17)6-11(2)15(10)21-16-13-8-18-4-3-14(13)19-9-20-16/h5-6,9,18H,3-4,8H2,1-2H3. The van der Waals surface area contributed by atoms with Crippen molar-refractivity contribution in [1.82, 2.24) is 15.3 Å². The summed E-state index contributed by atoms with van der Waals surface area (Å²) in [7, 11) is 0. The zero-order valence-electron chi connectivity index (χ0n) is 12.1. The third kappa shape index (κ3) is 2.58. The average molecular weight is 280 g/mol. The van der Waals surface area contributed by atoms with E-state index in [4.69, 9.17) is 10.00 Å². The highest BCUT2D eigenvalue weighted by atomic mass is 16.5. The van der Waals surface area contributed by atoms with E-state index in [2.05, 4.69) is 21.4 Å². The highest BCUT2D eigenvalue weighted by Crippen LogP contribution is 2.31. The van der Waals surface area contributed by atoms with E-state index >= 15 is 0 Å². The van der Waals surface area contributed by atoms with E-state index in [9.17, 15) is 0 Å². The van der Waals surface area contributed by atoms with Crippen LogP contribution in [0.4, 0.5) is 0 Å². The molecule has 1 aliphatic rings. The monoisotopic (exact) mass is 280 g/mol. The predicted molar refractivity (Wildman–Crippen MR) is 78.1 cm³/mol. The van der Waals surface area contributed by atoms with E-state index in [0.717, 1.165) is 47.6 Å². The van der Waals surface area contributed by atoms with Crippen molar-refractivity contribution in [3.63, 3.8) is 0 Å². The van der Waals surface area contributed by atoms with Crippen molar-refractivity contribution in [1.29, 1.82) is 5.26 Å². The number of hydrogen-bond donors (Lipinski definition) is 1. The van der Waals surface area contributed by atoms with Gasteiger partial charge in [-0.15, -0.1) is 0 Å². The van der Waals surface area contributed by atoms with E-state index < -0.39 is 0 Å². The summed E-state index contributed by atoms with van der Waals surface area (Å²) < 4.78 is 6.04. The molecule has 0 aliphatic carbocycles. The van der Waals surface area contributed by atoms with Gasteiger partial charge in [0, 0.05) is 19.5 Å². The van der Waals surface area contributed by atoms with Crippen LogP contribution in [0.15, 0.2) is 18.5 Å². The Balaban J connectivity index is 2.00. The Bertz CT molecular complexity index is 711. The molecule has 0 saturated heterocycles. The summed E-state index contributed by atoms with van der Waals surface area (Å²) in [5.74, 6) is 1.36. The first-order chi connectivity index (χ1) is 10.2. The van der Waals surface area contributed by atoms with E-state index in [-0.39, 0.29) is 0 Å². The average Bonchev–Trinajstić information content (AvgIpc) is 2.50. The second-order valence-corrected chi connectivity index (χ2v) is 5.18. The Morgan fingerprint density at radius 2 is 2.00 bits per heavy atom. The quantitative estimate of drug-likeness (QED) is 0.914. The van der Waals surface area contributed by atoms with Gasteiger partial charge in [0.05, 0.1) is 22.9 Å². The van der Waals surface area contributed by atoms with E-state index in [1.54, 1.807) is 6.33 Å². The molecule has 0 atom stereocenters. The maximum absolute atomic E-state index is 9.01. The van der Waals surface area contributed by atoms with Gasteiger partial charge in [-0.3, -0.25) is 0 Å². The topological polar surface area (TPSA) is 70.8 Å². The molecule has 3 rings (SSSR count). The van der Waals surface area contributed by atoms with E-state index in [1.807, 2.05) is 26.0 Å². The minimum atomic E-state index is 0.600. The number of rotatable bonds is 2. The number of ether oxygens (including phenoxy) is 1. The van der Waals surface area contributed by atoms with Crippen molar-refractivity contribution in [3.05, 3.63) is 46.4 Å². The van der Waals surface area contributed by atoms with Gasteiger partial charge in [0.15, 0.2) is 0 Å². The summed E-state index contributed by atoms with van der Waals surface area (Å²) in [5.41, 5.74) is 4.57. The number of hydrogen-bond acceptors (Lipinski definition) is 5. The number of nitriles is 1. The van der Waals surface area contributed by atoms with E-state index in [0.29, 0.717) is 11.4 Å². The maximum atomic E-state index is 9.01. The summed E-state index contributed by atoms with van der Waals surface area (Å²) in [4.78, 5) is 8.59. The molecule has 5 nitrogen and oxygen atoms in total. The lowest BCUT2D eigenvalue weighted by atomic mass is 10.1. The number of aromatic nitrogens is 2. The van der Waals surface area contributed by atoms with Crippen LogP contribution < -0.4 is 10.1 Å². The molecule has 2 heterocycles. The van der Waals surface area contributed by atoms with Crippen LogP contribution in [-0.4, -0.2) is 16.5 Å². The Kier molecular flexibility index (Phi) is 3.55. The van der Waals surface area contributed by atoms with Crippen LogP contribution in [0.5, 0.6) is 11.6 Å². The fraction of sp³-hybridized carbons (Fsp3) is 0.312. The number of benzene rings is 1. The van der Waals surface area contributed by atoms with Crippen LogP contribution in [0.2, 0.25) is 0 Å². The van der Waals surface area contributed by atoms with Gasteiger partial charge in [-0.25, -0.2) is 9.97 Å². The summed E-state index contributed by atoms with van der Waals surface area (Å²) >= 11 is 0. The van der Waals surface area contributed by atoms with Gasteiger partial charge >= 0.3 is 0 Å². The highest BCUT2D eigenvalue weighted by molar-refractivity contribution is 5.49. The van der Waals surface area contributed by atoms with Crippen LogP contribution in [0.3, 0.4) is 0 Å². The van der Waals surface area contributed by atoms with Gasteiger partial charge < -0.3 is 10.1 Å². The van der Waals surface area contributed by atoms with Gasteiger partial charge in [-0.05, 0) is 37.1 Å². The zero-order valence-corrected chi connectivity index (χ0v) is 12.1. The van der Waals surface area contributed by atoms with Crippen LogP contribution >= 0.6 is 0 Å². The molecule has 1 aliphatic heterocycles. The number of aryl methyl sites for hydroxylation is 2. The van der Waals surface area contributed by atoms with Crippen LogP contribution in [0, 0.1) is 25.2 Å². The van der Waals surface area contributed by atoms with Gasteiger partial charge in [-0.2, -0.15) is 5.26 Å². The summed E-state index contributed by atoms with van der Waals surface area (Å²) in [6, 6.07) is 5.81. The van der Waals surface area contributed by atoms with Crippen LogP contribution in [-0.2, 0) is 13.0 Å². The first-order valence-corrected chi connectivity index (χ1v) is 6.91. The molecule has 21 heavy (non-hydrogen) atoms. The number of nitrogens with zero attached hydrogens (tertiary/aromatic N) is 3. The van der Waals surface area contributed by atoms with Crippen LogP contribution in [0.25, 0.3) is 0 Å². The Morgan fingerprint density at radius 3 is 2.71 bits per heavy atom. The molecule has 106 valence electrons. The normalized spacial score (nSPS) is 13.4. The molecule has 2 aromatic rings. The second-order valence-electron chi connectivity index (χ2n) is 5.18. The second kappa shape index (κ2) is 5.51. The molecule has 1 aromatic heterocycles. The lowest BCUT2D eigenvalue weighted by Gasteiger charge is -2.19. The van der Waals surface area contributed by atoms with Crippen molar-refractivity contribution >= 4 is 0 Å². The molecule has 1 aromatic carbocycles. The third-order valence-electron chi connectivity index (χ3n) is 3.62. The van der Waals surface area contributed by atoms with Crippen LogP contribution in [0.1, 0.15) is 27.9 Å². The molecule has 0 saturated carbocycles. The zero-order chi connectivity index (χ0) is 14.8. The molecule has 0 amide bonds. The van der Waals surface area contributed by atoms with Crippen molar-refractivity contribution in [2.75, 3.05) is 6.54 Å². The Hall–Kier alpha value is -2.45. The molecule has 0 bridgehead atoms. The lowest BCUT2D eigenvalue weighted by Crippen LogP contribution is -2.25. The largest absolute Gasteiger partial charge is 0.438 e. The highest BCUT2D eigenvalue weighted by Gasteiger charge is 2.18. The number of fused-ring (bicyclic) bond motifs is 1. The van der Waals surface area contributed by atoms with E-state index in [1.165, 1.54) is 0 Å². The van der Waals surface area contributed by atoms with Crippen molar-refractivity contribution < 1.29 is 4.74 Å². The van der Waals surface area contributed by atoms with Crippen molar-refractivity contribution in [2.24, 2.45) is 0 Å². The first-order valence-electron chi connectivity index (χ1n) is 6.91. The minimum absolute atomic E-state index is 0.600. The maximum Gasteiger partial charge on any atom is 0.227 e. The van der Waals surface area contributed by atoms with Crippen molar-refractivity contribution in [2.45, 2.75) is 26.8 Å². The molecule has 5 heteroatoms. The summed E-state index contributed by atoms with van der Waals surface area (Å²) in [6.45, 7) is 5.53. The van der Waals surface area contributed by atoms with Gasteiger partial charge in [0.25, 0.3) is 0 Å². The molecule has 0 spiro atoms. The third-order valence-corrected chi connectivity index (χ3v) is 3.62. The lowest BCUT2D eigenvalue weighted by molar-refractivity contribution is 0.438. The summed E-state index contributed by atoms with van der Waals surface area (Å²) in [6.07, 6.45) is 2.44. The molecule has 0 radical (unpaired) electrons. The SMILES string of the molecule is Cc1cc(C#N)cc(C)c1Oc1ncnc2c1CNCC2. The molecule has 1 N–H and O–H groups in total. The minimum Gasteiger partial charge on any atom is -0.438 e. The first kappa shape index (κ1) is 13.5. The molecule has 0 fully saturated rings. The number of nitrogens with one attached hydrogen (secondary N) is 1. The Morgan fingerprint density at radius 1 is 1.24 bits per heavy atom. The van der Waals surface area contributed by atoms with Gasteiger partial charge in [0.2, 0.25) is 5.88 Å². The van der Waals surface area contributed by atoms with Crippen molar-refractivity contribution in [3.8, 4) is 17.7 Å².